The zero-order valence-electron chi connectivity index (χ0n) is 31.5. The lowest BCUT2D eigenvalue weighted by Crippen LogP contribution is -2.57. The van der Waals surface area contributed by atoms with Crippen LogP contribution in [0.3, 0.4) is 0 Å². The van der Waals surface area contributed by atoms with Crippen molar-refractivity contribution in [2.75, 3.05) is 31.2 Å². The summed E-state index contributed by atoms with van der Waals surface area (Å²) in [6, 6.07) is 44.3. The first kappa shape index (κ1) is 37.4. The Kier molecular flexibility index (Phi) is 11.4. The summed E-state index contributed by atoms with van der Waals surface area (Å²) in [6.45, 7) is 3.72. The van der Waals surface area contributed by atoms with Crippen LogP contribution in [0.15, 0.2) is 133 Å². The second-order valence-electron chi connectivity index (χ2n) is 15.0. The van der Waals surface area contributed by atoms with Gasteiger partial charge in [0.05, 0.1) is 25.5 Å². The van der Waals surface area contributed by atoms with Gasteiger partial charge in [0.1, 0.15) is 5.54 Å². The number of nitrogens with zero attached hydrogens (tertiary/aromatic N) is 2. The largest absolute Gasteiger partial charge is 0.392 e. The summed E-state index contributed by atoms with van der Waals surface area (Å²) in [6.07, 6.45) is 1.32. The Morgan fingerprint density at radius 2 is 1.39 bits per heavy atom. The predicted molar refractivity (Wildman–Crippen MR) is 216 cm³/mol. The highest BCUT2D eigenvalue weighted by atomic mass is 16.7. The van der Waals surface area contributed by atoms with Crippen molar-refractivity contribution in [3.05, 3.63) is 161 Å². The van der Waals surface area contributed by atoms with Crippen LogP contribution in [-0.4, -0.2) is 59.9 Å². The Morgan fingerprint density at radius 3 is 2.11 bits per heavy atom. The molecule has 3 saturated heterocycles. The minimum Gasteiger partial charge on any atom is -0.392 e. The third kappa shape index (κ3) is 8.49. The van der Waals surface area contributed by atoms with E-state index in [9.17, 15) is 14.7 Å². The first-order chi connectivity index (χ1) is 27.5. The Labute approximate surface area is 328 Å². The van der Waals surface area contributed by atoms with Crippen LogP contribution in [0.25, 0.3) is 11.1 Å². The summed E-state index contributed by atoms with van der Waals surface area (Å²) in [7, 11) is 0. The molecule has 0 saturated carbocycles. The lowest BCUT2D eigenvalue weighted by atomic mass is 9.85. The zero-order valence-corrected chi connectivity index (χ0v) is 31.5. The number of carbonyl (C=O) groups is 2. The van der Waals surface area contributed by atoms with Gasteiger partial charge in [-0.15, -0.1) is 0 Å². The first-order valence-corrected chi connectivity index (χ1v) is 19.5. The monoisotopic (exact) mass is 751 g/mol. The number of para-hydroxylation sites is 1. The maximum atomic E-state index is 13.3. The number of anilines is 1. The van der Waals surface area contributed by atoms with E-state index >= 15 is 0 Å². The molecule has 56 heavy (non-hydrogen) atoms. The fourth-order valence-electron chi connectivity index (χ4n) is 8.18. The SMILES string of the molecule is O=C(NCc1ccccc1)NCc1cccc(-c2ccc([C@H]3O[C@@H](CN4CCC5(CC4)C(=O)NCN5c4ccccc4)C[C@@H](c4ccc(CO)cc4)O3)cc2)c1. The van der Waals surface area contributed by atoms with Gasteiger partial charge in [0.25, 0.3) is 0 Å². The minimum absolute atomic E-state index is 0.00774. The van der Waals surface area contributed by atoms with Gasteiger partial charge in [-0.05, 0) is 64.4 Å². The molecular formula is C46H49N5O5. The summed E-state index contributed by atoms with van der Waals surface area (Å²) in [4.78, 5) is 30.4. The summed E-state index contributed by atoms with van der Waals surface area (Å²) in [5.74, 6) is 0.114. The van der Waals surface area contributed by atoms with Crippen molar-refractivity contribution < 1.29 is 24.2 Å². The highest BCUT2D eigenvalue weighted by Gasteiger charge is 2.50. The number of carbonyl (C=O) groups excluding carboxylic acids is 2. The number of likely N-dealkylation sites (tertiary alicyclic amines) is 1. The molecule has 0 bridgehead atoms. The number of rotatable bonds is 11. The van der Waals surface area contributed by atoms with Crippen molar-refractivity contribution in [1.29, 1.82) is 0 Å². The van der Waals surface area contributed by atoms with Crippen LogP contribution in [0.2, 0.25) is 0 Å². The Bertz CT molecular complexity index is 2070. The molecule has 0 aromatic heterocycles. The maximum absolute atomic E-state index is 13.3. The number of aliphatic hydroxyl groups excluding tert-OH is 1. The van der Waals surface area contributed by atoms with Crippen LogP contribution in [0.5, 0.6) is 0 Å². The lowest BCUT2D eigenvalue weighted by Gasteiger charge is -2.45. The van der Waals surface area contributed by atoms with E-state index < -0.39 is 11.8 Å². The van der Waals surface area contributed by atoms with Crippen LogP contribution >= 0.6 is 0 Å². The molecule has 1 spiro atoms. The molecule has 0 unspecified atom stereocenters. The quantitative estimate of drug-likeness (QED) is 0.117. The van der Waals surface area contributed by atoms with Crippen molar-refractivity contribution in [3.8, 4) is 11.1 Å². The molecule has 8 rings (SSSR count). The molecule has 3 heterocycles. The molecule has 0 radical (unpaired) electrons. The molecule has 3 fully saturated rings. The van der Waals surface area contributed by atoms with Crippen molar-refractivity contribution in [2.45, 2.75) is 63.0 Å². The van der Waals surface area contributed by atoms with Crippen LogP contribution in [-0.2, 0) is 34.0 Å². The van der Waals surface area contributed by atoms with E-state index in [-0.39, 0.29) is 30.8 Å². The predicted octanol–water partition coefficient (Wildman–Crippen LogP) is 6.82. The fraction of sp³-hybridized carbons (Fsp3) is 0.304. The van der Waals surface area contributed by atoms with Crippen LogP contribution < -0.4 is 20.9 Å². The number of hydrogen-bond donors (Lipinski definition) is 4. The normalized spacial score (nSPS) is 20.8. The molecule has 10 heteroatoms. The molecule has 5 aromatic rings. The van der Waals surface area contributed by atoms with Crippen LogP contribution in [0.1, 0.15) is 59.5 Å². The second kappa shape index (κ2) is 17.1. The zero-order chi connectivity index (χ0) is 38.3. The van der Waals surface area contributed by atoms with Gasteiger partial charge in [-0.1, -0.05) is 115 Å². The number of aliphatic hydroxyl groups is 1. The van der Waals surface area contributed by atoms with E-state index in [4.69, 9.17) is 9.47 Å². The van der Waals surface area contributed by atoms with E-state index in [0.29, 0.717) is 26.2 Å². The maximum Gasteiger partial charge on any atom is 0.315 e. The molecule has 10 nitrogen and oxygen atoms in total. The molecule has 3 aliphatic rings. The van der Waals surface area contributed by atoms with Gasteiger partial charge in [0, 0.05) is 50.4 Å². The number of urea groups is 1. The molecule has 3 atom stereocenters. The van der Waals surface area contributed by atoms with Crippen molar-refractivity contribution in [2.24, 2.45) is 0 Å². The molecule has 288 valence electrons. The molecule has 0 aliphatic carbocycles. The summed E-state index contributed by atoms with van der Waals surface area (Å²) in [5, 5.41) is 18.6. The van der Waals surface area contributed by atoms with Crippen LogP contribution in [0, 0.1) is 0 Å². The van der Waals surface area contributed by atoms with Gasteiger partial charge < -0.3 is 40.3 Å². The van der Waals surface area contributed by atoms with Gasteiger partial charge >= 0.3 is 6.03 Å². The third-order valence-corrected chi connectivity index (χ3v) is 11.4. The first-order valence-electron chi connectivity index (χ1n) is 19.5. The molecule has 4 N–H and O–H groups in total. The Balaban J connectivity index is 0.927. The van der Waals surface area contributed by atoms with E-state index in [1.54, 1.807) is 0 Å². The number of hydrogen-bond acceptors (Lipinski definition) is 7. The topological polar surface area (TPSA) is 115 Å². The lowest BCUT2D eigenvalue weighted by molar-refractivity contribution is -0.253. The van der Waals surface area contributed by atoms with Gasteiger partial charge in [0.2, 0.25) is 5.91 Å². The fourth-order valence-corrected chi connectivity index (χ4v) is 8.18. The average molecular weight is 752 g/mol. The number of amides is 3. The average Bonchev–Trinajstić information content (AvgIpc) is 3.57. The number of benzene rings is 5. The molecule has 5 aromatic carbocycles. The minimum atomic E-state index is -0.569. The molecule has 3 aliphatic heterocycles. The molecule has 3 amide bonds. The number of nitrogens with one attached hydrogen (secondary N) is 3. The second-order valence-corrected chi connectivity index (χ2v) is 15.0. The Hall–Kier alpha value is -5.52. The van der Waals surface area contributed by atoms with Gasteiger partial charge in [-0.3, -0.25) is 4.79 Å². The Morgan fingerprint density at radius 1 is 0.732 bits per heavy atom. The summed E-state index contributed by atoms with van der Waals surface area (Å²) < 4.78 is 13.4. The van der Waals surface area contributed by atoms with E-state index in [1.165, 1.54) is 0 Å². The van der Waals surface area contributed by atoms with Gasteiger partial charge in [0.15, 0.2) is 6.29 Å². The number of piperidine rings is 1. The standard InChI is InChI=1S/C46H49N5O5/c52-31-34-14-16-37(17-15-34)42-27-41(30-50-24-22-46(23-25-50)44(53)49-32-51(46)40-12-5-2-6-13-40)55-43(56-42)38-20-18-36(19-21-38)39-11-7-10-35(26-39)29-48-45(54)47-28-33-8-3-1-4-9-33/h1-21,26,41-43,52H,22-25,27-32H2,(H,49,53)(H2,47,48,54)/t41-,42+,43+/m1/s1. The highest BCUT2D eigenvalue weighted by Crippen LogP contribution is 2.40. The molecular weight excluding hydrogens is 703 g/mol. The van der Waals surface area contributed by atoms with Gasteiger partial charge in [-0.25, -0.2) is 4.79 Å². The van der Waals surface area contributed by atoms with Crippen molar-refractivity contribution in [3.63, 3.8) is 0 Å². The smallest absolute Gasteiger partial charge is 0.315 e. The number of ether oxygens (including phenoxy) is 2. The van der Waals surface area contributed by atoms with E-state index in [0.717, 1.165) is 77.1 Å². The highest BCUT2D eigenvalue weighted by molar-refractivity contribution is 5.93. The van der Waals surface area contributed by atoms with Crippen molar-refractivity contribution in [1.82, 2.24) is 20.9 Å². The third-order valence-electron chi connectivity index (χ3n) is 11.4. The summed E-state index contributed by atoms with van der Waals surface area (Å²) >= 11 is 0. The van der Waals surface area contributed by atoms with Gasteiger partial charge in [-0.2, -0.15) is 0 Å². The van der Waals surface area contributed by atoms with E-state index in [2.05, 4.69) is 74.3 Å². The van der Waals surface area contributed by atoms with Crippen LogP contribution in [0.4, 0.5) is 10.5 Å². The van der Waals surface area contributed by atoms with Crippen molar-refractivity contribution >= 4 is 17.6 Å². The summed E-state index contributed by atoms with van der Waals surface area (Å²) in [5.41, 5.74) is 7.53. The van der Waals surface area contributed by atoms with E-state index in [1.807, 2.05) is 84.9 Å².